The number of benzene rings is 2. The van der Waals surface area contributed by atoms with Gasteiger partial charge in [-0.2, -0.15) is 0 Å². The van der Waals surface area contributed by atoms with Gasteiger partial charge in [0.15, 0.2) is 0 Å². The van der Waals surface area contributed by atoms with Crippen molar-refractivity contribution in [2.45, 2.75) is 19.3 Å². The van der Waals surface area contributed by atoms with Crippen LogP contribution in [0.2, 0.25) is 5.02 Å². The number of halogens is 2. The summed E-state index contributed by atoms with van der Waals surface area (Å²) in [4.78, 5) is 17.2. The van der Waals surface area contributed by atoms with Crippen LogP contribution in [0.5, 0.6) is 0 Å². The molecule has 0 radical (unpaired) electrons. The number of carbonyl (C=O) groups excluding carboxylic acids is 1. The number of nitrogens with two attached hydrogens (primary N) is 1. The number of hydrogen-bond acceptors (Lipinski definition) is 2. The molecule has 140 valence electrons. The number of aromatic nitrogens is 1. The molecule has 0 atom stereocenters. The van der Waals surface area contributed by atoms with Crippen LogP contribution in [0.3, 0.4) is 0 Å². The van der Waals surface area contributed by atoms with Crippen molar-refractivity contribution in [1.29, 1.82) is 0 Å². The fraction of sp³-hybridized carbons (Fsp3) is 0.286. The predicted octanol–water partition coefficient (Wildman–Crippen LogP) is 4.52. The second kappa shape index (κ2) is 7.24. The normalized spacial score (nSPS) is 15.4. The Kier molecular flexibility index (Phi) is 4.79. The number of hydrogen-bond donors (Lipinski definition) is 2. The van der Waals surface area contributed by atoms with E-state index in [4.69, 9.17) is 17.3 Å². The van der Waals surface area contributed by atoms with Gasteiger partial charge in [0, 0.05) is 24.0 Å². The first-order chi connectivity index (χ1) is 13.0. The van der Waals surface area contributed by atoms with Crippen molar-refractivity contribution in [3.8, 4) is 0 Å². The Bertz CT molecular complexity index is 975. The number of carbonyl (C=O) groups is 1. The molecule has 1 saturated heterocycles. The van der Waals surface area contributed by atoms with E-state index < -0.39 is 5.91 Å². The molecule has 27 heavy (non-hydrogen) atoms. The number of piperidine rings is 1. The third kappa shape index (κ3) is 3.65. The van der Waals surface area contributed by atoms with Crippen molar-refractivity contribution < 1.29 is 9.18 Å². The Hall–Kier alpha value is -2.53. The Morgan fingerprint density at radius 2 is 1.89 bits per heavy atom. The molecule has 4 nitrogen and oxygen atoms in total. The van der Waals surface area contributed by atoms with Gasteiger partial charge in [0.2, 0.25) is 5.91 Å². The number of fused-ring (bicyclic) bond motifs is 1. The summed E-state index contributed by atoms with van der Waals surface area (Å²) in [6, 6.07) is 12.3. The van der Waals surface area contributed by atoms with E-state index in [9.17, 15) is 9.18 Å². The Morgan fingerprint density at radius 1 is 1.19 bits per heavy atom. The highest BCUT2D eigenvalue weighted by Crippen LogP contribution is 2.32. The van der Waals surface area contributed by atoms with Crippen LogP contribution in [0.25, 0.3) is 10.9 Å². The first-order valence-electron chi connectivity index (χ1n) is 9.11. The number of rotatable bonds is 4. The molecule has 0 aliphatic carbocycles. The van der Waals surface area contributed by atoms with Crippen LogP contribution in [0.1, 0.15) is 28.8 Å². The zero-order valence-corrected chi connectivity index (χ0v) is 15.6. The van der Waals surface area contributed by atoms with Crippen molar-refractivity contribution in [1.82, 2.24) is 4.98 Å². The number of anilines is 1. The zero-order chi connectivity index (χ0) is 19.0. The van der Waals surface area contributed by atoms with E-state index in [1.54, 1.807) is 6.07 Å². The van der Waals surface area contributed by atoms with Crippen molar-refractivity contribution in [3.63, 3.8) is 0 Å². The van der Waals surface area contributed by atoms with Gasteiger partial charge in [0.1, 0.15) is 11.6 Å². The van der Waals surface area contributed by atoms with Gasteiger partial charge in [-0.1, -0.05) is 23.7 Å². The molecule has 0 spiro atoms. The van der Waals surface area contributed by atoms with E-state index in [0.29, 0.717) is 16.5 Å². The van der Waals surface area contributed by atoms with Crippen LogP contribution >= 0.6 is 11.6 Å². The van der Waals surface area contributed by atoms with E-state index in [-0.39, 0.29) is 5.82 Å². The molecule has 0 unspecified atom stereocenters. The molecule has 4 rings (SSSR count). The summed E-state index contributed by atoms with van der Waals surface area (Å²) in [7, 11) is 0. The summed E-state index contributed by atoms with van der Waals surface area (Å²) in [6.07, 6.45) is 3.13. The molecule has 0 saturated carbocycles. The van der Waals surface area contributed by atoms with Crippen molar-refractivity contribution >= 4 is 34.2 Å². The summed E-state index contributed by atoms with van der Waals surface area (Å²) in [5, 5.41) is 1.21. The third-order valence-corrected chi connectivity index (χ3v) is 5.79. The second-order valence-electron chi connectivity index (χ2n) is 7.17. The second-order valence-corrected chi connectivity index (χ2v) is 7.55. The van der Waals surface area contributed by atoms with Gasteiger partial charge in [-0.15, -0.1) is 0 Å². The molecule has 6 heteroatoms. The predicted molar refractivity (Wildman–Crippen MR) is 107 cm³/mol. The summed E-state index contributed by atoms with van der Waals surface area (Å²) in [5.74, 6) is 0.895. The Labute approximate surface area is 162 Å². The number of nitrogens with zero attached hydrogens (tertiary/aromatic N) is 1. The van der Waals surface area contributed by atoms with Gasteiger partial charge in [-0.05, 0) is 61.1 Å². The van der Waals surface area contributed by atoms with Crippen LogP contribution < -0.4 is 10.6 Å². The highest BCUT2D eigenvalue weighted by Gasteiger charge is 2.22. The van der Waals surface area contributed by atoms with Crippen LogP contribution in [0.4, 0.5) is 10.2 Å². The standard InChI is InChI=1S/C21H21ClFN3O/c22-20-16(21(24)27)5-6-18-17(20)12-19(25-18)26-9-7-14(8-10-26)11-13-1-3-15(23)4-2-13/h1-6,12,14,25H,7-11H2,(H2,24,27). The maximum absolute atomic E-state index is 13.0. The summed E-state index contributed by atoms with van der Waals surface area (Å²) in [5.41, 5.74) is 7.80. The number of H-pyrrole nitrogens is 1. The van der Waals surface area contributed by atoms with Crippen molar-refractivity contribution in [2.24, 2.45) is 11.7 Å². The third-order valence-electron chi connectivity index (χ3n) is 5.38. The first-order valence-corrected chi connectivity index (χ1v) is 9.49. The van der Waals surface area contributed by atoms with Crippen LogP contribution in [0.15, 0.2) is 42.5 Å². The monoisotopic (exact) mass is 385 g/mol. The zero-order valence-electron chi connectivity index (χ0n) is 14.8. The lowest BCUT2D eigenvalue weighted by atomic mass is 9.90. The fourth-order valence-electron chi connectivity index (χ4n) is 3.85. The maximum atomic E-state index is 13.0. The molecule has 1 aromatic heterocycles. The molecule has 2 aromatic carbocycles. The van der Waals surface area contributed by atoms with Gasteiger partial charge in [0.25, 0.3) is 0 Å². The Morgan fingerprint density at radius 3 is 2.56 bits per heavy atom. The molecule has 3 N–H and O–H groups in total. The molecular weight excluding hydrogens is 365 g/mol. The average molecular weight is 386 g/mol. The van der Waals surface area contributed by atoms with Crippen molar-refractivity contribution in [2.75, 3.05) is 18.0 Å². The van der Waals surface area contributed by atoms with Gasteiger partial charge in [-0.3, -0.25) is 4.79 Å². The summed E-state index contributed by atoms with van der Waals surface area (Å²) >= 11 is 6.35. The van der Waals surface area contributed by atoms with Crippen LogP contribution in [-0.4, -0.2) is 24.0 Å². The Balaban J connectivity index is 1.45. The topological polar surface area (TPSA) is 62.1 Å². The summed E-state index contributed by atoms with van der Waals surface area (Å²) in [6.45, 7) is 1.89. The van der Waals surface area contributed by atoms with Crippen molar-refractivity contribution in [3.05, 3.63) is 64.4 Å². The highest BCUT2D eigenvalue weighted by molar-refractivity contribution is 6.38. The number of amides is 1. The van der Waals surface area contributed by atoms with Gasteiger partial charge in [-0.25, -0.2) is 4.39 Å². The summed E-state index contributed by atoms with van der Waals surface area (Å²) < 4.78 is 13.0. The van der Waals surface area contributed by atoms with Gasteiger partial charge < -0.3 is 15.6 Å². The fourth-order valence-corrected chi connectivity index (χ4v) is 4.16. The average Bonchev–Trinajstić information content (AvgIpc) is 3.09. The highest BCUT2D eigenvalue weighted by atomic mass is 35.5. The quantitative estimate of drug-likeness (QED) is 0.693. The van der Waals surface area contributed by atoms with E-state index in [1.807, 2.05) is 24.3 Å². The van der Waals surface area contributed by atoms with E-state index in [2.05, 4.69) is 9.88 Å². The molecule has 1 fully saturated rings. The van der Waals surface area contributed by atoms with Crippen LogP contribution in [-0.2, 0) is 6.42 Å². The smallest absolute Gasteiger partial charge is 0.250 e. The minimum absolute atomic E-state index is 0.189. The largest absolute Gasteiger partial charge is 0.366 e. The lowest BCUT2D eigenvalue weighted by Gasteiger charge is -2.32. The van der Waals surface area contributed by atoms with Crippen LogP contribution in [0, 0.1) is 11.7 Å². The number of nitrogens with one attached hydrogen (secondary N) is 1. The molecule has 1 aliphatic heterocycles. The molecule has 3 aromatic rings. The van der Waals surface area contributed by atoms with E-state index in [1.165, 1.54) is 17.7 Å². The minimum Gasteiger partial charge on any atom is -0.366 e. The molecular formula is C21H21ClFN3O. The number of primary amides is 1. The van der Waals surface area contributed by atoms with E-state index in [0.717, 1.165) is 49.1 Å². The first kappa shape index (κ1) is 17.9. The maximum Gasteiger partial charge on any atom is 0.250 e. The molecule has 0 bridgehead atoms. The van der Waals surface area contributed by atoms with E-state index >= 15 is 0 Å². The van der Waals surface area contributed by atoms with Gasteiger partial charge in [0.05, 0.1) is 10.6 Å². The SMILES string of the molecule is NC(=O)c1ccc2[nH]c(N3CCC(Cc4ccc(F)cc4)CC3)cc2c1Cl. The lowest BCUT2D eigenvalue weighted by Crippen LogP contribution is -2.34. The van der Waals surface area contributed by atoms with Gasteiger partial charge >= 0.3 is 0 Å². The minimum atomic E-state index is -0.522. The molecule has 2 heterocycles. The molecule has 1 aliphatic rings. The molecule has 1 amide bonds. The lowest BCUT2D eigenvalue weighted by molar-refractivity contribution is 0.100. The number of aromatic amines is 1.